The monoisotopic (exact) mass is 672 g/mol. The molecule has 224 valence electrons. The van der Waals surface area contributed by atoms with Crippen molar-refractivity contribution in [2.45, 2.75) is 29.8 Å². The first kappa shape index (κ1) is 32.2. The van der Waals surface area contributed by atoms with E-state index in [2.05, 4.69) is 40.8 Å². The molecule has 9 nitrogen and oxygen atoms in total. The second kappa shape index (κ2) is 16.8. The Morgan fingerprint density at radius 3 is 1.88 bits per heavy atom. The minimum absolute atomic E-state index is 0.283. The number of carbonyl (C=O) groups excluding carboxylic acids is 1. The van der Waals surface area contributed by atoms with Crippen LogP contribution in [0.25, 0.3) is 21.8 Å². The van der Waals surface area contributed by atoms with Gasteiger partial charge in [0.25, 0.3) is 0 Å². The quantitative estimate of drug-likeness (QED) is 0.111. The number of halogens is 1. The van der Waals surface area contributed by atoms with E-state index in [0.29, 0.717) is 19.6 Å². The number of amides is 1. The molecule has 0 bridgehead atoms. The number of ether oxygens (including phenoxy) is 2. The minimum atomic E-state index is 0.283. The summed E-state index contributed by atoms with van der Waals surface area (Å²) >= 11 is 6.57. The molecule has 3 heterocycles. The molecular weight excluding hydrogens is 636 g/mol. The van der Waals surface area contributed by atoms with Gasteiger partial charge >= 0.3 is 0 Å². The highest BCUT2D eigenvalue weighted by Gasteiger charge is 2.20. The van der Waals surface area contributed by atoms with Crippen LogP contribution in [0.3, 0.4) is 0 Å². The number of benzene rings is 2. The number of hydrogen-bond donors (Lipinski definition) is 0. The summed E-state index contributed by atoms with van der Waals surface area (Å²) in [5, 5.41) is 4.93. The molecule has 0 spiro atoms. The first-order valence-electron chi connectivity index (χ1n) is 14.0. The van der Waals surface area contributed by atoms with Gasteiger partial charge in [0.05, 0.1) is 17.6 Å². The van der Waals surface area contributed by atoms with Gasteiger partial charge in [0.2, 0.25) is 5.91 Å². The molecule has 12 heteroatoms. The second-order valence-corrected chi connectivity index (χ2v) is 11.9. The molecule has 0 unspecified atom stereocenters. The summed E-state index contributed by atoms with van der Waals surface area (Å²) in [6.45, 7) is 7.69. The molecular formula is C30H37BrN6O3S2. The Morgan fingerprint density at radius 1 is 0.833 bits per heavy atom. The van der Waals surface area contributed by atoms with Crippen molar-refractivity contribution in [2.75, 3.05) is 63.8 Å². The fourth-order valence-electron chi connectivity index (χ4n) is 4.57. The van der Waals surface area contributed by atoms with Crippen LogP contribution in [0, 0.1) is 0 Å². The van der Waals surface area contributed by atoms with E-state index in [0.717, 1.165) is 87.8 Å². The first-order chi connectivity index (χ1) is 20.6. The van der Waals surface area contributed by atoms with E-state index < -0.39 is 0 Å². The molecule has 2 aromatic carbocycles. The fraction of sp³-hybridized carbons (Fsp3) is 0.433. The molecule has 0 aliphatic carbocycles. The Hall–Kier alpha value is -2.67. The van der Waals surface area contributed by atoms with Crippen molar-refractivity contribution < 1.29 is 14.3 Å². The summed E-state index contributed by atoms with van der Waals surface area (Å²) in [6.07, 6.45) is 8.79. The zero-order chi connectivity index (χ0) is 29.7. The van der Waals surface area contributed by atoms with Gasteiger partial charge in [-0.1, -0.05) is 22.9 Å². The van der Waals surface area contributed by atoms with Gasteiger partial charge in [-0.2, -0.15) is 0 Å². The average Bonchev–Trinajstić information content (AvgIpc) is 3.03. The summed E-state index contributed by atoms with van der Waals surface area (Å²) < 4.78 is 11.4. The standard InChI is InChI=1S/C19H26N4O2S.C11H11BrN2OS/c1-3-4-18(24)23-9-7-22(8-10-23)11-12-25-15-5-6-16-17(13-15)20-14-21-19(16)26-2;1-16-11-9-3-2-8(15-5-4-12)6-10(9)13-7-14-11/h5-6,13-14H,3-4,7-12H2,1-2H3;2-3,6-7H,4-5H2,1H3. The van der Waals surface area contributed by atoms with Crippen molar-refractivity contribution in [2.24, 2.45) is 0 Å². The average molecular weight is 674 g/mol. The van der Waals surface area contributed by atoms with Crippen LogP contribution < -0.4 is 9.47 Å². The number of alkyl halides is 1. The van der Waals surface area contributed by atoms with Crippen LogP contribution in [0.5, 0.6) is 11.5 Å². The van der Waals surface area contributed by atoms with Crippen LogP contribution in [-0.4, -0.2) is 99.4 Å². The van der Waals surface area contributed by atoms with Gasteiger partial charge in [-0.3, -0.25) is 9.69 Å². The van der Waals surface area contributed by atoms with E-state index in [9.17, 15) is 4.79 Å². The van der Waals surface area contributed by atoms with E-state index in [-0.39, 0.29) is 5.91 Å². The third-order valence-corrected chi connectivity index (χ3v) is 8.49. The number of rotatable bonds is 11. The maximum absolute atomic E-state index is 11.9. The molecule has 5 rings (SSSR count). The molecule has 0 radical (unpaired) electrons. The molecule has 1 aliphatic heterocycles. The van der Waals surface area contributed by atoms with Crippen LogP contribution in [0.2, 0.25) is 0 Å². The summed E-state index contributed by atoms with van der Waals surface area (Å²) in [7, 11) is 0. The highest BCUT2D eigenvalue weighted by atomic mass is 79.9. The van der Waals surface area contributed by atoms with E-state index in [1.165, 1.54) is 0 Å². The number of carbonyl (C=O) groups is 1. The maximum atomic E-state index is 11.9. The number of fused-ring (bicyclic) bond motifs is 2. The van der Waals surface area contributed by atoms with Gasteiger partial charge < -0.3 is 14.4 Å². The Balaban J connectivity index is 0.000000216. The summed E-state index contributed by atoms with van der Waals surface area (Å²) in [4.78, 5) is 33.3. The molecule has 1 fully saturated rings. The van der Waals surface area contributed by atoms with Crippen molar-refractivity contribution in [3.8, 4) is 11.5 Å². The molecule has 0 N–H and O–H groups in total. The highest BCUT2D eigenvalue weighted by Crippen LogP contribution is 2.27. The van der Waals surface area contributed by atoms with Gasteiger partial charge in [0.1, 0.15) is 40.8 Å². The lowest BCUT2D eigenvalue weighted by Crippen LogP contribution is -2.49. The highest BCUT2D eigenvalue weighted by molar-refractivity contribution is 9.09. The normalized spacial score (nSPS) is 13.6. The number of aromatic nitrogens is 4. The van der Waals surface area contributed by atoms with E-state index >= 15 is 0 Å². The Labute approximate surface area is 264 Å². The van der Waals surface area contributed by atoms with E-state index in [1.54, 1.807) is 36.2 Å². The van der Waals surface area contributed by atoms with Crippen LogP contribution in [0.4, 0.5) is 0 Å². The summed E-state index contributed by atoms with van der Waals surface area (Å²) in [6, 6.07) is 11.9. The van der Waals surface area contributed by atoms with Gasteiger partial charge in [-0.25, -0.2) is 19.9 Å². The van der Waals surface area contributed by atoms with Gasteiger partial charge in [0.15, 0.2) is 0 Å². The van der Waals surface area contributed by atoms with Crippen molar-refractivity contribution in [3.05, 3.63) is 49.1 Å². The SMILES string of the molecule is CCCC(=O)N1CCN(CCOc2ccc3c(SC)ncnc3c2)CC1.CSc1ncnc2cc(OCCBr)ccc12. The maximum Gasteiger partial charge on any atom is 0.222 e. The molecule has 4 aromatic rings. The first-order valence-corrected chi connectivity index (χ1v) is 17.5. The van der Waals surface area contributed by atoms with Crippen LogP contribution in [0.1, 0.15) is 19.8 Å². The lowest BCUT2D eigenvalue weighted by atomic mass is 10.2. The van der Waals surface area contributed by atoms with Crippen LogP contribution >= 0.6 is 39.5 Å². The number of nitrogens with zero attached hydrogens (tertiary/aromatic N) is 6. The Morgan fingerprint density at radius 2 is 1.38 bits per heavy atom. The van der Waals surface area contributed by atoms with E-state index in [1.807, 2.05) is 60.7 Å². The third-order valence-electron chi connectivity index (χ3n) is 6.74. The van der Waals surface area contributed by atoms with Crippen molar-refractivity contribution in [3.63, 3.8) is 0 Å². The van der Waals surface area contributed by atoms with E-state index in [4.69, 9.17) is 9.47 Å². The summed E-state index contributed by atoms with van der Waals surface area (Å²) in [5.74, 6) is 1.96. The van der Waals surface area contributed by atoms with Crippen LogP contribution in [0.15, 0.2) is 59.1 Å². The predicted octanol–water partition coefficient (Wildman–Crippen LogP) is 5.80. The lowest BCUT2D eigenvalue weighted by molar-refractivity contribution is -0.133. The topological polar surface area (TPSA) is 93.6 Å². The fourth-order valence-corrected chi connectivity index (χ4v) is 5.82. The zero-order valence-corrected chi connectivity index (χ0v) is 27.5. The molecule has 1 aliphatic rings. The van der Waals surface area contributed by atoms with Crippen LogP contribution in [-0.2, 0) is 4.79 Å². The largest absolute Gasteiger partial charge is 0.493 e. The van der Waals surface area contributed by atoms with Gasteiger partial charge in [0, 0.05) is 67.4 Å². The van der Waals surface area contributed by atoms with Gasteiger partial charge in [-0.15, -0.1) is 23.5 Å². The van der Waals surface area contributed by atoms with Crippen molar-refractivity contribution in [1.29, 1.82) is 0 Å². The molecule has 42 heavy (non-hydrogen) atoms. The minimum Gasteiger partial charge on any atom is -0.493 e. The number of hydrogen-bond acceptors (Lipinski definition) is 10. The number of thioether (sulfide) groups is 2. The number of piperazine rings is 1. The summed E-state index contributed by atoms with van der Waals surface area (Å²) in [5.41, 5.74) is 1.83. The molecule has 0 saturated carbocycles. The second-order valence-electron chi connectivity index (χ2n) is 9.48. The smallest absolute Gasteiger partial charge is 0.222 e. The molecule has 1 saturated heterocycles. The zero-order valence-electron chi connectivity index (χ0n) is 24.3. The van der Waals surface area contributed by atoms with Crippen molar-refractivity contribution in [1.82, 2.24) is 29.7 Å². The lowest BCUT2D eigenvalue weighted by Gasteiger charge is -2.34. The third kappa shape index (κ3) is 8.92. The Bertz CT molecular complexity index is 1460. The van der Waals surface area contributed by atoms with Gasteiger partial charge in [-0.05, 0) is 43.2 Å². The Kier molecular flexibility index (Phi) is 12.9. The molecule has 1 amide bonds. The van der Waals surface area contributed by atoms with Crippen molar-refractivity contribution >= 4 is 67.2 Å². The molecule has 0 atom stereocenters. The molecule has 2 aromatic heterocycles. The predicted molar refractivity (Wildman–Crippen MR) is 175 cm³/mol.